The third kappa shape index (κ3) is 3.85. The maximum atomic E-state index is 4.60. The molecule has 2 aromatic heterocycles. The van der Waals surface area contributed by atoms with Crippen LogP contribution in [0.3, 0.4) is 0 Å². The van der Waals surface area contributed by atoms with E-state index in [1.807, 2.05) is 23.8 Å². The number of aromatic nitrogens is 2. The monoisotopic (exact) mass is 275 g/mol. The molecule has 3 nitrogen and oxygen atoms in total. The number of nitrogens with one attached hydrogen (secondary N) is 1. The summed E-state index contributed by atoms with van der Waals surface area (Å²) in [5, 5.41) is 6.80. The van der Waals surface area contributed by atoms with Crippen LogP contribution in [0.25, 0.3) is 0 Å². The zero-order valence-corrected chi connectivity index (χ0v) is 12.4. The first-order chi connectivity index (χ1) is 9.35. The van der Waals surface area contributed by atoms with Crippen molar-refractivity contribution in [1.29, 1.82) is 0 Å². The molecule has 2 aromatic rings. The molecule has 0 spiro atoms. The van der Waals surface area contributed by atoms with Crippen molar-refractivity contribution in [2.75, 3.05) is 6.54 Å². The second kappa shape index (κ2) is 7.36. The van der Waals surface area contributed by atoms with Gasteiger partial charge in [-0.1, -0.05) is 19.9 Å². The maximum Gasteiger partial charge on any atom is 0.0944 e. The molecule has 0 aromatic carbocycles. The molecular formula is C15H21N3S. The topological polar surface area (TPSA) is 37.8 Å². The first-order valence-corrected chi connectivity index (χ1v) is 7.78. The summed E-state index contributed by atoms with van der Waals surface area (Å²) in [7, 11) is 0. The molecule has 1 N–H and O–H groups in total. The van der Waals surface area contributed by atoms with Crippen molar-refractivity contribution in [3.05, 3.63) is 46.2 Å². The first kappa shape index (κ1) is 14.2. The lowest BCUT2D eigenvalue weighted by Gasteiger charge is -2.19. The summed E-state index contributed by atoms with van der Waals surface area (Å²) in [5.74, 6) is 0. The molecular weight excluding hydrogens is 254 g/mol. The van der Waals surface area contributed by atoms with E-state index in [1.54, 1.807) is 11.3 Å². The van der Waals surface area contributed by atoms with E-state index < -0.39 is 0 Å². The lowest BCUT2D eigenvalue weighted by molar-refractivity contribution is 0.513. The zero-order valence-electron chi connectivity index (χ0n) is 11.6. The number of hydrogen-bond acceptors (Lipinski definition) is 4. The van der Waals surface area contributed by atoms with E-state index in [-0.39, 0.29) is 6.04 Å². The molecule has 0 aliphatic carbocycles. The Hall–Kier alpha value is -1.26. The Morgan fingerprint density at radius 2 is 2.16 bits per heavy atom. The van der Waals surface area contributed by atoms with Crippen molar-refractivity contribution in [2.45, 2.75) is 39.2 Å². The van der Waals surface area contributed by atoms with E-state index in [2.05, 4.69) is 35.2 Å². The molecule has 1 atom stereocenters. The van der Waals surface area contributed by atoms with E-state index in [0.717, 1.165) is 25.8 Å². The molecule has 0 fully saturated rings. The van der Waals surface area contributed by atoms with Gasteiger partial charge in [-0.15, -0.1) is 11.3 Å². The highest BCUT2D eigenvalue weighted by Gasteiger charge is 2.17. The van der Waals surface area contributed by atoms with Gasteiger partial charge in [0.05, 0.1) is 16.7 Å². The minimum absolute atomic E-state index is 0.266. The van der Waals surface area contributed by atoms with E-state index >= 15 is 0 Å². The average Bonchev–Trinajstić information content (AvgIpc) is 2.96. The summed E-state index contributed by atoms with van der Waals surface area (Å²) in [6, 6.07) is 4.45. The fraction of sp³-hybridized carbons (Fsp3) is 0.467. The van der Waals surface area contributed by atoms with Gasteiger partial charge in [0.25, 0.3) is 0 Å². The molecule has 2 rings (SSSR count). The highest BCUT2D eigenvalue weighted by Crippen LogP contribution is 2.21. The standard InChI is InChI=1S/C15H21N3S/c1-3-7-16-13(11-14-17-9-10-19-14)15-12(4-2)6-5-8-18-15/h5-6,8-10,13,16H,3-4,7,11H2,1-2H3. The molecule has 0 bridgehead atoms. The Morgan fingerprint density at radius 1 is 1.26 bits per heavy atom. The van der Waals surface area contributed by atoms with E-state index in [9.17, 15) is 0 Å². The van der Waals surface area contributed by atoms with Crippen LogP contribution in [-0.4, -0.2) is 16.5 Å². The van der Waals surface area contributed by atoms with Crippen LogP contribution in [0.5, 0.6) is 0 Å². The fourth-order valence-electron chi connectivity index (χ4n) is 2.18. The first-order valence-electron chi connectivity index (χ1n) is 6.90. The Labute approximate surface area is 119 Å². The van der Waals surface area contributed by atoms with Gasteiger partial charge in [-0.3, -0.25) is 4.98 Å². The molecule has 0 saturated carbocycles. The van der Waals surface area contributed by atoms with Crippen LogP contribution < -0.4 is 5.32 Å². The molecule has 0 amide bonds. The van der Waals surface area contributed by atoms with Crippen LogP contribution in [0, 0.1) is 0 Å². The van der Waals surface area contributed by atoms with Crippen LogP contribution in [0.15, 0.2) is 29.9 Å². The minimum atomic E-state index is 0.266. The fourth-order valence-corrected chi connectivity index (χ4v) is 2.84. The highest BCUT2D eigenvalue weighted by molar-refractivity contribution is 7.09. The van der Waals surface area contributed by atoms with Gasteiger partial charge >= 0.3 is 0 Å². The average molecular weight is 275 g/mol. The van der Waals surface area contributed by atoms with Crippen molar-refractivity contribution >= 4 is 11.3 Å². The molecule has 19 heavy (non-hydrogen) atoms. The van der Waals surface area contributed by atoms with Gasteiger partial charge in [0.1, 0.15) is 0 Å². The van der Waals surface area contributed by atoms with E-state index in [4.69, 9.17) is 0 Å². The van der Waals surface area contributed by atoms with Gasteiger partial charge in [0.2, 0.25) is 0 Å². The third-order valence-electron chi connectivity index (χ3n) is 3.14. The molecule has 0 radical (unpaired) electrons. The molecule has 1 unspecified atom stereocenters. The number of rotatable bonds is 7. The van der Waals surface area contributed by atoms with E-state index in [0.29, 0.717) is 0 Å². The Bertz CT molecular complexity index is 482. The number of pyridine rings is 1. The summed E-state index contributed by atoms with van der Waals surface area (Å²) in [6.07, 6.45) is 6.82. The lowest BCUT2D eigenvalue weighted by atomic mass is 10.0. The van der Waals surface area contributed by atoms with Gasteiger partial charge in [-0.25, -0.2) is 4.98 Å². The number of hydrogen-bond donors (Lipinski definition) is 1. The van der Waals surface area contributed by atoms with Crippen LogP contribution in [-0.2, 0) is 12.8 Å². The van der Waals surface area contributed by atoms with Crippen molar-refractivity contribution in [3.8, 4) is 0 Å². The Kier molecular flexibility index (Phi) is 5.48. The quantitative estimate of drug-likeness (QED) is 0.841. The Balaban J connectivity index is 2.20. The normalized spacial score (nSPS) is 12.5. The maximum absolute atomic E-state index is 4.60. The van der Waals surface area contributed by atoms with Crippen LogP contribution in [0.4, 0.5) is 0 Å². The third-order valence-corrected chi connectivity index (χ3v) is 3.94. The van der Waals surface area contributed by atoms with Crippen molar-refractivity contribution < 1.29 is 0 Å². The largest absolute Gasteiger partial charge is 0.308 e. The number of nitrogens with zero attached hydrogens (tertiary/aromatic N) is 2. The smallest absolute Gasteiger partial charge is 0.0944 e. The summed E-state index contributed by atoms with van der Waals surface area (Å²) in [5.41, 5.74) is 2.50. The summed E-state index contributed by atoms with van der Waals surface area (Å²) in [6.45, 7) is 5.38. The highest BCUT2D eigenvalue weighted by atomic mass is 32.1. The molecule has 102 valence electrons. The summed E-state index contributed by atoms with van der Waals surface area (Å²) >= 11 is 1.71. The second-order valence-corrected chi connectivity index (χ2v) is 5.52. The van der Waals surface area contributed by atoms with Crippen LogP contribution in [0.2, 0.25) is 0 Å². The summed E-state index contributed by atoms with van der Waals surface area (Å²) in [4.78, 5) is 8.99. The van der Waals surface area contributed by atoms with Gasteiger partial charge < -0.3 is 5.32 Å². The van der Waals surface area contributed by atoms with Crippen molar-refractivity contribution in [3.63, 3.8) is 0 Å². The van der Waals surface area contributed by atoms with E-state index in [1.165, 1.54) is 16.3 Å². The minimum Gasteiger partial charge on any atom is -0.308 e. The Morgan fingerprint density at radius 3 is 2.84 bits per heavy atom. The molecule has 0 aliphatic rings. The lowest BCUT2D eigenvalue weighted by Crippen LogP contribution is -2.26. The second-order valence-electron chi connectivity index (χ2n) is 4.54. The van der Waals surface area contributed by atoms with Crippen LogP contribution >= 0.6 is 11.3 Å². The van der Waals surface area contributed by atoms with Gasteiger partial charge in [-0.05, 0) is 31.0 Å². The summed E-state index contributed by atoms with van der Waals surface area (Å²) < 4.78 is 0. The predicted octanol–water partition coefficient (Wildman–Crippen LogP) is 3.38. The van der Waals surface area contributed by atoms with Crippen molar-refractivity contribution in [1.82, 2.24) is 15.3 Å². The predicted molar refractivity (Wildman–Crippen MR) is 80.5 cm³/mol. The van der Waals surface area contributed by atoms with Gasteiger partial charge in [0, 0.05) is 24.2 Å². The van der Waals surface area contributed by atoms with Gasteiger partial charge in [0.15, 0.2) is 0 Å². The molecule has 0 saturated heterocycles. The van der Waals surface area contributed by atoms with Crippen molar-refractivity contribution in [2.24, 2.45) is 0 Å². The molecule has 0 aliphatic heterocycles. The van der Waals surface area contributed by atoms with Crippen LogP contribution in [0.1, 0.15) is 42.6 Å². The molecule has 4 heteroatoms. The number of aryl methyl sites for hydroxylation is 1. The SMILES string of the molecule is CCCNC(Cc1nccs1)c1ncccc1CC. The number of thiazole rings is 1. The van der Waals surface area contributed by atoms with Gasteiger partial charge in [-0.2, -0.15) is 0 Å². The zero-order chi connectivity index (χ0) is 13.5. The molecule has 2 heterocycles.